The third-order valence-electron chi connectivity index (χ3n) is 7.32. The number of nitrogens with zero attached hydrogens (tertiary/aromatic N) is 5. The maximum absolute atomic E-state index is 5.15. The van der Waals surface area contributed by atoms with Gasteiger partial charge in [-0.25, -0.2) is 4.98 Å². The van der Waals surface area contributed by atoms with Gasteiger partial charge in [-0.3, -0.25) is 9.89 Å². The number of fused-ring (bicyclic) bond motifs is 2. The van der Waals surface area contributed by atoms with Gasteiger partial charge in [-0.2, -0.15) is 0 Å². The summed E-state index contributed by atoms with van der Waals surface area (Å²) in [4.78, 5) is 17.6. The maximum Gasteiger partial charge on any atom is 0.129 e. The van der Waals surface area contributed by atoms with Crippen LogP contribution < -0.4 is 4.90 Å². The molecule has 0 amide bonds. The highest BCUT2D eigenvalue weighted by molar-refractivity contribution is 6.01. The zero-order valence-electron chi connectivity index (χ0n) is 19.5. The van der Waals surface area contributed by atoms with Gasteiger partial charge in [0.25, 0.3) is 0 Å². The van der Waals surface area contributed by atoms with Gasteiger partial charge in [0.15, 0.2) is 0 Å². The molecule has 170 valence electrons. The lowest BCUT2D eigenvalue weighted by atomic mass is 9.92. The molecule has 2 aliphatic heterocycles. The molecule has 2 fully saturated rings. The Morgan fingerprint density at radius 1 is 0.938 bits per heavy atom. The van der Waals surface area contributed by atoms with Crippen LogP contribution >= 0.6 is 0 Å². The van der Waals surface area contributed by atoms with Crippen molar-refractivity contribution in [3.05, 3.63) is 48.2 Å². The molecule has 2 aromatic rings. The van der Waals surface area contributed by atoms with Crippen molar-refractivity contribution >= 4 is 22.4 Å². The first-order valence-electron chi connectivity index (χ1n) is 12.7. The van der Waals surface area contributed by atoms with Gasteiger partial charge < -0.3 is 9.80 Å². The number of piperazine rings is 1. The van der Waals surface area contributed by atoms with E-state index in [1.54, 1.807) is 0 Å². The molecule has 5 nitrogen and oxygen atoms in total. The Hall–Kier alpha value is -2.40. The quantitative estimate of drug-likeness (QED) is 0.572. The zero-order valence-corrected chi connectivity index (χ0v) is 19.5. The molecule has 0 radical (unpaired) electrons. The Balaban J connectivity index is 1.06. The predicted octanol–water partition coefficient (Wildman–Crippen LogP) is 5.09. The van der Waals surface area contributed by atoms with Crippen molar-refractivity contribution < 1.29 is 0 Å². The molecule has 0 bridgehead atoms. The van der Waals surface area contributed by atoms with Crippen LogP contribution in [-0.2, 0) is 0 Å². The van der Waals surface area contributed by atoms with Crippen LogP contribution in [0.2, 0.25) is 0 Å². The molecule has 0 N–H and O–H groups in total. The van der Waals surface area contributed by atoms with Gasteiger partial charge in [0.2, 0.25) is 0 Å². The molecule has 1 saturated heterocycles. The van der Waals surface area contributed by atoms with E-state index in [0.29, 0.717) is 6.17 Å². The van der Waals surface area contributed by atoms with Crippen molar-refractivity contribution in [2.45, 2.75) is 58.0 Å². The summed E-state index contributed by atoms with van der Waals surface area (Å²) in [5, 5.41) is 1.22. The van der Waals surface area contributed by atoms with Crippen LogP contribution in [0.4, 0.5) is 5.82 Å². The number of aliphatic imine (C=N–C) groups is 1. The molecule has 5 heteroatoms. The zero-order chi connectivity index (χ0) is 21.8. The monoisotopic (exact) mass is 431 g/mol. The Kier molecular flexibility index (Phi) is 6.72. The molecule has 1 unspecified atom stereocenters. The fourth-order valence-electron chi connectivity index (χ4n) is 5.37. The molecule has 0 spiro atoms. The topological polar surface area (TPSA) is 35.0 Å². The second-order valence-electron chi connectivity index (χ2n) is 9.43. The van der Waals surface area contributed by atoms with Crippen LogP contribution in [-0.4, -0.2) is 65.9 Å². The second-order valence-corrected chi connectivity index (χ2v) is 9.43. The predicted molar refractivity (Wildman–Crippen MR) is 134 cm³/mol. The highest BCUT2D eigenvalue weighted by atomic mass is 15.3. The van der Waals surface area contributed by atoms with Crippen LogP contribution in [0.1, 0.15) is 51.9 Å². The number of rotatable bonds is 7. The van der Waals surface area contributed by atoms with E-state index in [4.69, 9.17) is 9.98 Å². The van der Waals surface area contributed by atoms with E-state index in [1.807, 2.05) is 0 Å². The molecule has 1 atom stereocenters. The third-order valence-corrected chi connectivity index (χ3v) is 7.32. The number of allylic oxidation sites excluding steroid dienone is 1. The van der Waals surface area contributed by atoms with Gasteiger partial charge in [0.05, 0.1) is 5.52 Å². The van der Waals surface area contributed by atoms with Crippen LogP contribution in [0.5, 0.6) is 0 Å². The Morgan fingerprint density at radius 2 is 1.78 bits per heavy atom. The minimum Gasteiger partial charge on any atom is -0.356 e. The van der Waals surface area contributed by atoms with Crippen LogP contribution in [0.15, 0.2) is 53.2 Å². The fraction of sp³-hybridized carbons (Fsp3) is 0.556. The summed E-state index contributed by atoms with van der Waals surface area (Å²) in [7, 11) is 0. The lowest BCUT2D eigenvalue weighted by Crippen LogP contribution is -2.47. The molecule has 3 heterocycles. The van der Waals surface area contributed by atoms with E-state index in [9.17, 15) is 0 Å². The number of unbranched alkanes of at least 4 members (excludes halogenated alkanes) is 1. The summed E-state index contributed by atoms with van der Waals surface area (Å²) < 4.78 is 0. The first kappa shape index (κ1) is 21.4. The highest BCUT2D eigenvalue weighted by Gasteiger charge is 2.24. The van der Waals surface area contributed by atoms with E-state index >= 15 is 0 Å². The summed E-state index contributed by atoms with van der Waals surface area (Å²) in [6.45, 7) is 8.93. The summed E-state index contributed by atoms with van der Waals surface area (Å²) in [5.74, 6) is 1.12. The molecule has 1 aromatic heterocycles. The van der Waals surface area contributed by atoms with Gasteiger partial charge in [0, 0.05) is 50.0 Å². The van der Waals surface area contributed by atoms with E-state index in [0.717, 1.165) is 44.1 Å². The molecule has 1 aromatic carbocycles. The van der Waals surface area contributed by atoms with Crippen molar-refractivity contribution in [2.75, 3.05) is 44.2 Å². The van der Waals surface area contributed by atoms with Gasteiger partial charge in [0.1, 0.15) is 12.0 Å². The SMILES string of the molecule is CCN1C=C2CCCCC2=NC1CCCCN1CCN(c2ccc3ccccc3n2)CC1. The van der Waals surface area contributed by atoms with Crippen LogP contribution in [0.25, 0.3) is 10.9 Å². The van der Waals surface area contributed by atoms with E-state index < -0.39 is 0 Å². The lowest BCUT2D eigenvalue weighted by molar-refractivity contribution is 0.237. The first-order chi connectivity index (χ1) is 15.8. The van der Waals surface area contributed by atoms with Gasteiger partial charge >= 0.3 is 0 Å². The molecule has 3 aliphatic rings. The van der Waals surface area contributed by atoms with E-state index in [1.165, 1.54) is 68.2 Å². The fourth-order valence-corrected chi connectivity index (χ4v) is 5.37. The van der Waals surface area contributed by atoms with Gasteiger partial charge in [-0.15, -0.1) is 0 Å². The van der Waals surface area contributed by atoms with Crippen LogP contribution in [0, 0.1) is 0 Å². The van der Waals surface area contributed by atoms with Crippen molar-refractivity contribution in [3.8, 4) is 0 Å². The number of anilines is 1. The van der Waals surface area contributed by atoms with Crippen molar-refractivity contribution in [3.63, 3.8) is 0 Å². The molecule has 5 rings (SSSR count). The summed E-state index contributed by atoms with van der Waals surface area (Å²) >= 11 is 0. The second kappa shape index (κ2) is 10.0. The van der Waals surface area contributed by atoms with E-state index in [2.05, 4.69) is 64.2 Å². The van der Waals surface area contributed by atoms with Crippen molar-refractivity contribution in [1.82, 2.24) is 14.8 Å². The molecular formula is C27H37N5. The number of pyridine rings is 1. The molecular weight excluding hydrogens is 394 g/mol. The Labute approximate surface area is 192 Å². The Bertz CT molecular complexity index is 973. The number of hydrogen-bond donors (Lipinski definition) is 0. The smallest absolute Gasteiger partial charge is 0.129 e. The van der Waals surface area contributed by atoms with Crippen LogP contribution in [0.3, 0.4) is 0 Å². The maximum atomic E-state index is 5.15. The average molecular weight is 432 g/mol. The third kappa shape index (κ3) is 4.83. The summed E-state index contributed by atoms with van der Waals surface area (Å²) in [5.41, 5.74) is 4.01. The lowest BCUT2D eigenvalue weighted by Gasteiger charge is -2.36. The van der Waals surface area contributed by atoms with Gasteiger partial charge in [-0.05, 0) is 82.2 Å². The number of aromatic nitrogens is 1. The first-order valence-corrected chi connectivity index (χ1v) is 12.7. The summed E-state index contributed by atoms with van der Waals surface area (Å²) in [6.07, 6.45) is 11.6. The van der Waals surface area contributed by atoms with Crippen molar-refractivity contribution in [1.29, 1.82) is 0 Å². The largest absolute Gasteiger partial charge is 0.356 e. The Morgan fingerprint density at radius 3 is 2.66 bits per heavy atom. The number of hydrogen-bond acceptors (Lipinski definition) is 5. The number of para-hydroxylation sites is 1. The molecule has 1 saturated carbocycles. The standard InChI is InChI=1S/C27H37N5/c1-2-31-21-23-10-4-6-12-25(23)29-26(31)13-7-8-16-30-17-19-32(20-18-30)27-15-14-22-9-3-5-11-24(22)28-27/h3,5,9,11,14-15,21,26H,2,4,6-8,10,12-13,16-20H2,1H3. The van der Waals surface area contributed by atoms with Crippen molar-refractivity contribution in [2.24, 2.45) is 4.99 Å². The number of benzene rings is 1. The van der Waals surface area contributed by atoms with Gasteiger partial charge in [-0.1, -0.05) is 18.2 Å². The minimum absolute atomic E-state index is 0.368. The highest BCUT2D eigenvalue weighted by Crippen LogP contribution is 2.28. The molecule has 32 heavy (non-hydrogen) atoms. The summed E-state index contributed by atoms with van der Waals surface area (Å²) in [6, 6.07) is 12.8. The minimum atomic E-state index is 0.368. The van der Waals surface area contributed by atoms with E-state index in [-0.39, 0.29) is 0 Å². The molecule has 1 aliphatic carbocycles. The average Bonchev–Trinajstić information content (AvgIpc) is 2.86. The normalized spacial score (nSPS) is 22.0.